The molecule has 0 aromatic heterocycles. The molecule has 0 heterocycles. The molecule has 1 amide bonds. The van der Waals surface area contributed by atoms with Crippen LogP contribution >= 0.6 is 0 Å². The molecule has 0 aromatic carbocycles. The van der Waals surface area contributed by atoms with Crippen molar-refractivity contribution < 1.29 is 20.1 Å². The lowest BCUT2D eigenvalue weighted by atomic mass is 10.0. The van der Waals surface area contributed by atoms with Gasteiger partial charge in [0.1, 0.15) is 0 Å². The van der Waals surface area contributed by atoms with E-state index in [1.54, 1.807) is 0 Å². The summed E-state index contributed by atoms with van der Waals surface area (Å²) in [6.45, 7) is 3.93. The molecule has 0 aliphatic carbocycles. The summed E-state index contributed by atoms with van der Waals surface area (Å²) in [4.78, 5) is 11.9. The smallest absolute Gasteiger partial charge is 0.222 e. The highest BCUT2D eigenvalue weighted by atomic mass is 16.3. The van der Waals surface area contributed by atoms with Crippen molar-refractivity contribution in [3.63, 3.8) is 0 Å². The fourth-order valence-electron chi connectivity index (χ4n) is 3.75. The Labute approximate surface area is 179 Å². The van der Waals surface area contributed by atoms with Crippen LogP contribution in [0.4, 0.5) is 0 Å². The Morgan fingerprint density at radius 1 is 0.724 bits per heavy atom. The summed E-state index contributed by atoms with van der Waals surface area (Å²) >= 11 is 0. The van der Waals surface area contributed by atoms with Gasteiger partial charge in [0.25, 0.3) is 0 Å². The van der Waals surface area contributed by atoms with E-state index in [1.807, 2.05) is 6.92 Å². The molecular weight excluding hydrogens is 366 g/mol. The van der Waals surface area contributed by atoms with Crippen LogP contribution in [-0.4, -0.2) is 46.1 Å². The van der Waals surface area contributed by atoms with Crippen LogP contribution in [0.15, 0.2) is 0 Å². The SMILES string of the molecule is CCCCCCCCCCCCCCCC(O)C(CO)NC(=O)CC(O)CCC. The Morgan fingerprint density at radius 2 is 1.21 bits per heavy atom. The minimum absolute atomic E-state index is 0.0236. The number of rotatable bonds is 21. The number of carbonyl (C=O) groups excluding carboxylic acids is 1. The van der Waals surface area contributed by atoms with E-state index in [0.29, 0.717) is 12.8 Å². The molecule has 0 saturated carbocycles. The van der Waals surface area contributed by atoms with E-state index in [1.165, 1.54) is 70.6 Å². The van der Waals surface area contributed by atoms with Crippen LogP contribution in [0.1, 0.15) is 123 Å². The largest absolute Gasteiger partial charge is 0.394 e. The van der Waals surface area contributed by atoms with Crippen LogP contribution in [0.3, 0.4) is 0 Å². The van der Waals surface area contributed by atoms with Gasteiger partial charge in [-0.25, -0.2) is 0 Å². The third-order valence-corrected chi connectivity index (χ3v) is 5.65. The lowest BCUT2D eigenvalue weighted by Crippen LogP contribution is -2.46. The summed E-state index contributed by atoms with van der Waals surface area (Å²) in [6.07, 6.45) is 17.3. The average molecular weight is 416 g/mol. The molecule has 0 radical (unpaired) electrons. The van der Waals surface area contributed by atoms with Gasteiger partial charge in [-0.3, -0.25) is 4.79 Å². The zero-order valence-electron chi connectivity index (χ0n) is 19.2. The number of amides is 1. The Morgan fingerprint density at radius 3 is 1.66 bits per heavy atom. The predicted octanol–water partition coefficient (Wildman–Crippen LogP) is 4.86. The summed E-state index contributed by atoms with van der Waals surface area (Å²) in [6, 6.07) is -0.645. The molecule has 3 unspecified atom stereocenters. The minimum atomic E-state index is -0.736. The normalized spacial score (nSPS) is 14.5. The first-order valence-corrected chi connectivity index (χ1v) is 12.3. The van der Waals surface area contributed by atoms with Crippen LogP contribution in [0.25, 0.3) is 0 Å². The molecule has 0 rings (SSSR count). The van der Waals surface area contributed by atoms with Crippen molar-refractivity contribution in [3.05, 3.63) is 0 Å². The van der Waals surface area contributed by atoms with Gasteiger partial charge in [-0.05, 0) is 12.8 Å². The maximum atomic E-state index is 11.9. The summed E-state index contributed by atoms with van der Waals surface area (Å²) in [5, 5.41) is 32.0. The quantitative estimate of drug-likeness (QED) is 0.202. The monoisotopic (exact) mass is 415 g/mol. The van der Waals surface area contributed by atoms with Crippen LogP contribution in [-0.2, 0) is 4.79 Å². The molecule has 174 valence electrons. The Bertz CT molecular complexity index is 365. The number of aliphatic hydroxyl groups is 3. The van der Waals surface area contributed by atoms with E-state index < -0.39 is 18.2 Å². The molecule has 4 N–H and O–H groups in total. The van der Waals surface area contributed by atoms with Crippen molar-refractivity contribution in [2.24, 2.45) is 0 Å². The molecule has 5 nitrogen and oxygen atoms in total. The van der Waals surface area contributed by atoms with Crippen LogP contribution in [0.2, 0.25) is 0 Å². The van der Waals surface area contributed by atoms with Crippen molar-refractivity contribution in [1.82, 2.24) is 5.32 Å². The van der Waals surface area contributed by atoms with Gasteiger partial charge < -0.3 is 20.6 Å². The second-order valence-electron chi connectivity index (χ2n) is 8.60. The summed E-state index contributed by atoms with van der Waals surface area (Å²) < 4.78 is 0. The van der Waals surface area contributed by atoms with Gasteiger partial charge in [-0.1, -0.05) is 104 Å². The molecule has 0 saturated heterocycles. The highest BCUT2D eigenvalue weighted by Gasteiger charge is 2.21. The maximum Gasteiger partial charge on any atom is 0.222 e. The van der Waals surface area contributed by atoms with E-state index in [4.69, 9.17) is 0 Å². The number of aliphatic hydroxyl groups excluding tert-OH is 3. The molecule has 0 aliphatic rings. The molecule has 0 aliphatic heterocycles. The Hall–Kier alpha value is -0.650. The molecule has 0 aromatic rings. The summed E-state index contributed by atoms with van der Waals surface area (Å²) in [5.41, 5.74) is 0. The van der Waals surface area contributed by atoms with E-state index in [-0.39, 0.29) is 18.9 Å². The molecule has 29 heavy (non-hydrogen) atoms. The van der Waals surface area contributed by atoms with Gasteiger partial charge in [0.2, 0.25) is 5.91 Å². The number of hydrogen-bond acceptors (Lipinski definition) is 4. The van der Waals surface area contributed by atoms with E-state index in [0.717, 1.165) is 19.3 Å². The molecule has 0 spiro atoms. The summed E-state index contributed by atoms with van der Waals surface area (Å²) in [5.74, 6) is -0.311. The highest BCUT2D eigenvalue weighted by molar-refractivity contribution is 5.76. The second kappa shape index (κ2) is 20.6. The molecular formula is C24H49NO4. The first-order chi connectivity index (χ1) is 14.0. The van der Waals surface area contributed by atoms with Gasteiger partial charge >= 0.3 is 0 Å². The van der Waals surface area contributed by atoms with Crippen molar-refractivity contribution >= 4 is 5.91 Å². The standard InChI is InChI=1S/C24H49NO4/c1-3-5-6-7-8-9-10-11-12-13-14-15-16-18-23(28)22(20-26)25-24(29)19-21(27)17-4-2/h21-23,26-28H,3-20H2,1-2H3,(H,25,29). The lowest BCUT2D eigenvalue weighted by molar-refractivity contribution is -0.125. The van der Waals surface area contributed by atoms with E-state index in [2.05, 4.69) is 12.2 Å². The molecule has 0 bridgehead atoms. The van der Waals surface area contributed by atoms with E-state index in [9.17, 15) is 20.1 Å². The first kappa shape index (κ1) is 28.4. The third kappa shape index (κ3) is 17.9. The zero-order chi connectivity index (χ0) is 21.7. The minimum Gasteiger partial charge on any atom is -0.394 e. The fourth-order valence-corrected chi connectivity index (χ4v) is 3.75. The fraction of sp³-hybridized carbons (Fsp3) is 0.958. The topological polar surface area (TPSA) is 89.8 Å². The zero-order valence-corrected chi connectivity index (χ0v) is 19.2. The number of hydrogen-bond donors (Lipinski definition) is 4. The number of nitrogens with one attached hydrogen (secondary N) is 1. The van der Waals surface area contributed by atoms with E-state index >= 15 is 0 Å². The first-order valence-electron chi connectivity index (χ1n) is 12.3. The predicted molar refractivity (Wildman–Crippen MR) is 121 cm³/mol. The van der Waals surface area contributed by atoms with Gasteiger partial charge in [0.15, 0.2) is 0 Å². The van der Waals surface area contributed by atoms with Crippen molar-refractivity contribution in [2.45, 2.75) is 141 Å². The molecule has 0 fully saturated rings. The van der Waals surface area contributed by atoms with Crippen molar-refractivity contribution in [3.8, 4) is 0 Å². The van der Waals surface area contributed by atoms with Gasteiger partial charge in [-0.2, -0.15) is 0 Å². The van der Waals surface area contributed by atoms with Crippen molar-refractivity contribution in [1.29, 1.82) is 0 Å². The molecule has 3 atom stereocenters. The Kier molecular flexibility index (Phi) is 20.2. The lowest BCUT2D eigenvalue weighted by Gasteiger charge is -2.23. The second-order valence-corrected chi connectivity index (χ2v) is 8.60. The maximum absolute atomic E-state index is 11.9. The number of carbonyl (C=O) groups is 1. The summed E-state index contributed by atoms with van der Waals surface area (Å²) in [7, 11) is 0. The number of unbranched alkanes of at least 4 members (excludes halogenated alkanes) is 12. The highest BCUT2D eigenvalue weighted by Crippen LogP contribution is 2.14. The van der Waals surface area contributed by atoms with Gasteiger partial charge in [-0.15, -0.1) is 0 Å². The van der Waals surface area contributed by atoms with Crippen LogP contribution in [0, 0.1) is 0 Å². The van der Waals surface area contributed by atoms with Crippen molar-refractivity contribution in [2.75, 3.05) is 6.61 Å². The Balaban J connectivity index is 3.63. The molecule has 5 heteroatoms. The van der Waals surface area contributed by atoms with Gasteiger partial charge in [0, 0.05) is 0 Å². The van der Waals surface area contributed by atoms with Crippen LogP contribution in [0.5, 0.6) is 0 Å². The van der Waals surface area contributed by atoms with Gasteiger partial charge in [0.05, 0.1) is 31.3 Å². The van der Waals surface area contributed by atoms with Crippen LogP contribution < -0.4 is 5.32 Å². The third-order valence-electron chi connectivity index (χ3n) is 5.65. The average Bonchev–Trinajstić information content (AvgIpc) is 2.69.